The summed E-state index contributed by atoms with van der Waals surface area (Å²) in [4.78, 5) is 19.3. The molecule has 0 atom stereocenters. The molecule has 2 aromatic carbocycles. The zero-order chi connectivity index (χ0) is 19.3. The van der Waals surface area contributed by atoms with Crippen molar-refractivity contribution < 1.29 is 18.0 Å². The molecule has 0 radical (unpaired) electrons. The minimum atomic E-state index is -0.338. The number of fused-ring (bicyclic) bond motifs is 2. The molecule has 2 aromatic heterocycles. The molecule has 1 aliphatic heterocycles. The molecule has 142 valence electrons. The standard InChI is InChI=1S/C22H19FN2O3/c1-13-16-12-15(23)6-7-18(16)27-20(13)22(26)25-10-8-14(9-11-25)21-24-17-4-2-3-5-19(17)28-21/h2-7,12,14H,8-11H2,1H3. The van der Waals surface area contributed by atoms with Gasteiger partial charge in [-0.05, 0) is 50.1 Å². The lowest BCUT2D eigenvalue weighted by molar-refractivity contribution is 0.0676. The van der Waals surface area contributed by atoms with Gasteiger partial charge in [-0.25, -0.2) is 9.37 Å². The first-order chi connectivity index (χ1) is 13.6. The van der Waals surface area contributed by atoms with Gasteiger partial charge in [0, 0.05) is 30.0 Å². The number of piperidine rings is 1. The normalized spacial score (nSPS) is 15.6. The highest BCUT2D eigenvalue weighted by atomic mass is 19.1. The van der Waals surface area contributed by atoms with Crippen LogP contribution in [0.5, 0.6) is 0 Å². The van der Waals surface area contributed by atoms with E-state index in [1.165, 1.54) is 12.1 Å². The molecule has 1 aliphatic rings. The monoisotopic (exact) mass is 378 g/mol. The third-order valence-corrected chi connectivity index (χ3v) is 5.53. The Labute approximate surface area is 160 Å². The van der Waals surface area contributed by atoms with Crippen LogP contribution in [0, 0.1) is 12.7 Å². The number of aryl methyl sites for hydroxylation is 1. The second kappa shape index (κ2) is 6.48. The molecule has 0 bridgehead atoms. The summed E-state index contributed by atoms with van der Waals surface area (Å²) in [6.45, 7) is 3.00. The Balaban J connectivity index is 1.34. The number of nitrogens with zero attached hydrogens (tertiary/aromatic N) is 2. The summed E-state index contributed by atoms with van der Waals surface area (Å²) >= 11 is 0. The molecule has 0 spiro atoms. The predicted molar refractivity (Wildman–Crippen MR) is 103 cm³/mol. The summed E-state index contributed by atoms with van der Waals surface area (Å²) in [6, 6.07) is 12.0. The predicted octanol–water partition coefficient (Wildman–Crippen LogP) is 5.04. The maximum Gasteiger partial charge on any atom is 0.289 e. The zero-order valence-corrected chi connectivity index (χ0v) is 15.4. The van der Waals surface area contributed by atoms with Crippen LogP contribution in [0.1, 0.15) is 40.8 Å². The minimum absolute atomic E-state index is 0.148. The van der Waals surface area contributed by atoms with Crippen molar-refractivity contribution in [1.82, 2.24) is 9.88 Å². The molecule has 0 N–H and O–H groups in total. The van der Waals surface area contributed by atoms with E-state index in [4.69, 9.17) is 8.83 Å². The number of rotatable bonds is 2. The highest BCUT2D eigenvalue weighted by Crippen LogP contribution is 2.32. The summed E-state index contributed by atoms with van der Waals surface area (Å²) in [6.07, 6.45) is 1.57. The lowest BCUT2D eigenvalue weighted by Gasteiger charge is -2.30. The van der Waals surface area contributed by atoms with Crippen molar-refractivity contribution in [1.29, 1.82) is 0 Å². The first kappa shape index (κ1) is 17.0. The largest absolute Gasteiger partial charge is 0.451 e. The summed E-state index contributed by atoms with van der Waals surface area (Å²) in [5, 5.41) is 0.643. The quantitative estimate of drug-likeness (QED) is 0.490. The average Bonchev–Trinajstić information content (AvgIpc) is 3.29. The lowest BCUT2D eigenvalue weighted by atomic mass is 9.96. The van der Waals surface area contributed by atoms with Crippen LogP contribution in [0.25, 0.3) is 22.1 Å². The first-order valence-electron chi connectivity index (χ1n) is 9.43. The van der Waals surface area contributed by atoms with Crippen molar-refractivity contribution in [3.05, 3.63) is 65.5 Å². The Morgan fingerprint density at radius 3 is 2.68 bits per heavy atom. The van der Waals surface area contributed by atoms with Gasteiger partial charge < -0.3 is 13.7 Å². The van der Waals surface area contributed by atoms with Crippen molar-refractivity contribution in [2.75, 3.05) is 13.1 Å². The fourth-order valence-electron chi connectivity index (χ4n) is 3.93. The molecule has 6 heteroatoms. The third-order valence-electron chi connectivity index (χ3n) is 5.53. The van der Waals surface area contributed by atoms with Gasteiger partial charge in [-0.1, -0.05) is 12.1 Å². The Kier molecular flexibility index (Phi) is 3.93. The number of benzene rings is 2. The number of amides is 1. The molecule has 5 rings (SSSR count). The van der Waals surface area contributed by atoms with Gasteiger partial charge in [0.1, 0.15) is 16.9 Å². The van der Waals surface area contributed by atoms with E-state index in [2.05, 4.69) is 4.98 Å². The van der Waals surface area contributed by atoms with Gasteiger partial charge >= 0.3 is 0 Å². The number of hydrogen-bond acceptors (Lipinski definition) is 4. The number of furan rings is 1. The fourth-order valence-corrected chi connectivity index (χ4v) is 3.93. The van der Waals surface area contributed by atoms with Crippen LogP contribution >= 0.6 is 0 Å². The summed E-state index contributed by atoms with van der Waals surface area (Å²) < 4.78 is 25.1. The van der Waals surface area contributed by atoms with Crippen molar-refractivity contribution in [3.8, 4) is 0 Å². The smallest absolute Gasteiger partial charge is 0.289 e. The van der Waals surface area contributed by atoms with Gasteiger partial charge in [-0.3, -0.25) is 4.79 Å². The summed E-state index contributed by atoms with van der Waals surface area (Å²) in [5.41, 5.74) is 2.87. The Hall–Kier alpha value is -3.15. The summed E-state index contributed by atoms with van der Waals surface area (Å²) in [5.74, 6) is 0.742. The molecular weight excluding hydrogens is 359 g/mol. The fraction of sp³-hybridized carbons (Fsp3) is 0.273. The first-order valence-corrected chi connectivity index (χ1v) is 9.43. The van der Waals surface area contributed by atoms with E-state index >= 15 is 0 Å². The van der Waals surface area contributed by atoms with Crippen LogP contribution in [-0.2, 0) is 0 Å². The van der Waals surface area contributed by atoms with Gasteiger partial charge in [0.25, 0.3) is 5.91 Å². The van der Waals surface area contributed by atoms with Crippen molar-refractivity contribution >= 4 is 28.0 Å². The summed E-state index contributed by atoms with van der Waals surface area (Å²) in [7, 11) is 0. The Morgan fingerprint density at radius 2 is 1.89 bits per heavy atom. The number of halogens is 1. The van der Waals surface area contributed by atoms with E-state index in [1.54, 1.807) is 17.9 Å². The number of para-hydroxylation sites is 2. The molecule has 1 fully saturated rings. The van der Waals surface area contributed by atoms with Gasteiger partial charge in [0.2, 0.25) is 0 Å². The van der Waals surface area contributed by atoms with E-state index in [9.17, 15) is 9.18 Å². The molecule has 1 saturated heterocycles. The number of aromatic nitrogens is 1. The lowest BCUT2D eigenvalue weighted by Crippen LogP contribution is -2.38. The van der Waals surface area contributed by atoms with E-state index in [0.717, 1.165) is 29.8 Å². The van der Waals surface area contributed by atoms with Gasteiger partial charge in [0.15, 0.2) is 17.2 Å². The van der Waals surface area contributed by atoms with Crippen LogP contribution in [-0.4, -0.2) is 28.9 Å². The molecule has 0 unspecified atom stereocenters. The maximum atomic E-state index is 13.5. The Morgan fingerprint density at radius 1 is 1.11 bits per heavy atom. The SMILES string of the molecule is Cc1c(C(=O)N2CCC(c3nc4ccccc4o3)CC2)oc2ccc(F)cc12. The Bertz CT molecular complexity index is 1150. The molecular formula is C22H19FN2O3. The average molecular weight is 378 g/mol. The highest BCUT2D eigenvalue weighted by Gasteiger charge is 2.30. The van der Waals surface area contributed by atoms with Gasteiger partial charge in [0.05, 0.1) is 0 Å². The topological polar surface area (TPSA) is 59.5 Å². The number of likely N-dealkylation sites (tertiary alicyclic amines) is 1. The van der Waals surface area contributed by atoms with Gasteiger partial charge in [-0.2, -0.15) is 0 Å². The molecule has 3 heterocycles. The van der Waals surface area contributed by atoms with Crippen LogP contribution < -0.4 is 0 Å². The maximum absolute atomic E-state index is 13.5. The zero-order valence-electron chi connectivity index (χ0n) is 15.4. The van der Waals surface area contributed by atoms with Crippen LogP contribution in [0.3, 0.4) is 0 Å². The molecule has 4 aromatic rings. The van der Waals surface area contributed by atoms with E-state index in [-0.39, 0.29) is 17.6 Å². The second-order valence-electron chi connectivity index (χ2n) is 7.28. The molecule has 5 nitrogen and oxygen atoms in total. The number of oxazole rings is 1. The minimum Gasteiger partial charge on any atom is -0.451 e. The highest BCUT2D eigenvalue weighted by molar-refractivity contribution is 5.99. The van der Waals surface area contributed by atoms with E-state index < -0.39 is 0 Å². The number of hydrogen-bond donors (Lipinski definition) is 0. The second-order valence-corrected chi connectivity index (χ2v) is 7.28. The van der Waals surface area contributed by atoms with Crippen molar-refractivity contribution in [2.45, 2.75) is 25.7 Å². The third kappa shape index (κ3) is 2.76. The molecule has 0 saturated carbocycles. The molecule has 1 amide bonds. The van der Waals surface area contributed by atoms with E-state index in [0.29, 0.717) is 35.4 Å². The van der Waals surface area contributed by atoms with Crippen LogP contribution in [0.4, 0.5) is 4.39 Å². The van der Waals surface area contributed by atoms with Crippen LogP contribution in [0.15, 0.2) is 51.3 Å². The van der Waals surface area contributed by atoms with Crippen LogP contribution in [0.2, 0.25) is 0 Å². The number of carbonyl (C=O) groups excluding carboxylic acids is 1. The number of carbonyl (C=O) groups is 1. The van der Waals surface area contributed by atoms with Gasteiger partial charge in [-0.15, -0.1) is 0 Å². The molecule has 28 heavy (non-hydrogen) atoms. The van der Waals surface area contributed by atoms with E-state index in [1.807, 2.05) is 24.3 Å². The van der Waals surface area contributed by atoms with Crippen molar-refractivity contribution in [2.24, 2.45) is 0 Å². The molecule has 0 aliphatic carbocycles. The van der Waals surface area contributed by atoms with Crippen molar-refractivity contribution in [3.63, 3.8) is 0 Å².